The Morgan fingerprint density at radius 3 is 2.48 bits per heavy atom. The van der Waals surface area contributed by atoms with Crippen LogP contribution in [-0.2, 0) is 28.9 Å². The number of aryl methyl sites for hydroxylation is 2. The number of hydrogen-bond acceptors (Lipinski definition) is 4. The molecule has 29 heavy (non-hydrogen) atoms. The number of benzene rings is 1. The zero-order valence-electron chi connectivity index (χ0n) is 17.5. The van der Waals surface area contributed by atoms with Crippen molar-refractivity contribution >= 4 is 27.0 Å². The molecule has 0 bridgehead atoms. The van der Waals surface area contributed by atoms with E-state index in [0.29, 0.717) is 49.3 Å². The molecule has 1 amide bonds. The second-order valence-electron chi connectivity index (χ2n) is 8.26. The molecule has 1 saturated heterocycles. The SMILES string of the molecule is CC(C)CCN1CCC(NS(=O)(=O)c2ccc3c(c2)n(C)c(=O)n3C)CCC1=O. The van der Waals surface area contributed by atoms with Crippen molar-refractivity contribution in [3.8, 4) is 0 Å². The van der Waals surface area contributed by atoms with Crippen LogP contribution in [-0.4, -0.2) is 47.5 Å². The van der Waals surface area contributed by atoms with Gasteiger partial charge in [-0.05, 0) is 43.4 Å². The first-order valence-corrected chi connectivity index (χ1v) is 11.5. The molecule has 1 fully saturated rings. The van der Waals surface area contributed by atoms with E-state index < -0.39 is 10.0 Å². The van der Waals surface area contributed by atoms with Crippen LogP contribution < -0.4 is 10.4 Å². The average molecular weight is 423 g/mol. The normalized spacial score (nSPS) is 18.6. The summed E-state index contributed by atoms with van der Waals surface area (Å²) in [7, 11) is -0.473. The van der Waals surface area contributed by atoms with Crippen LogP contribution in [0, 0.1) is 5.92 Å². The molecule has 0 radical (unpaired) electrons. The molecule has 1 aromatic carbocycles. The lowest BCUT2D eigenvalue weighted by Crippen LogP contribution is -2.36. The van der Waals surface area contributed by atoms with Crippen LogP contribution >= 0.6 is 0 Å². The minimum Gasteiger partial charge on any atom is -0.343 e. The van der Waals surface area contributed by atoms with Gasteiger partial charge in [0.2, 0.25) is 15.9 Å². The zero-order valence-corrected chi connectivity index (χ0v) is 18.3. The van der Waals surface area contributed by atoms with Gasteiger partial charge >= 0.3 is 5.69 Å². The molecule has 3 rings (SSSR count). The Morgan fingerprint density at radius 2 is 1.79 bits per heavy atom. The largest absolute Gasteiger partial charge is 0.343 e. The number of nitrogens with one attached hydrogen (secondary N) is 1. The fourth-order valence-electron chi connectivity index (χ4n) is 3.75. The first-order chi connectivity index (χ1) is 13.6. The van der Waals surface area contributed by atoms with E-state index in [0.717, 1.165) is 6.42 Å². The Balaban J connectivity index is 1.76. The third kappa shape index (κ3) is 4.56. The van der Waals surface area contributed by atoms with Gasteiger partial charge < -0.3 is 4.90 Å². The number of carbonyl (C=O) groups is 1. The van der Waals surface area contributed by atoms with Gasteiger partial charge in [0.25, 0.3) is 0 Å². The monoisotopic (exact) mass is 422 g/mol. The summed E-state index contributed by atoms with van der Waals surface area (Å²) in [6.45, 7) is 5.52. The molecule has 0 spiro atoms. The molecular weight excluding hydrogens is 392 g/mol. The first-order valence-electron chi connectivity index (χ1n) is 10.1. The Labute approximate surface area is 171 Å². The molecule has 2 aromatic rings. The van der Waals surface area contributed by atoms with Crippen molar-refractivity contribution in [3.05, 3.63) is 28.7 Å². The maximum Gasteiger partial charge on any atom is 0.328 e. The minimum absolute atomic E-state index is 0.0908. The topological polar surface area (TPSA) is 93.4 Å². The van der Waals surface area contributed by atoms with Gasteiger partial charge in [0.05, 0.1) is 15.9 Å². The van der Waals surface area contributed by atoms with Crippen molar-refractivity contribution in [3.63, 3.8) is 0 Å². The van der Waals surface area contributed by atoms with Crippen molar-refractivity contribution < 1.29 is 13.2 Å². The average Bonchev–Trinajstić information content (AvgIpc) is 2.79. The predicted octanol–water partition coefficient (Wildman–Crippen LogP) is 1.58. The van der Waals surface area contributed by atoms with Crippen molar-refractivity contribution in [2.24, 2.45) is 20.0 Å². The van der Waals surface area contributed by atoms with Crippen molar-refractivity contribution in [1.29, 1.82) is 0 Å². The molecule has 2 heterocycles. The number of sulfonamides is 1. The molecule has 1 aliphatic heterocycles. The summed E-state index contributed by atoms with van der Waals surface area (Å²) in [5.74, 6) is 0.609. The van der Waals surface area contributed by atoms with Gasteiger partial charge in [-0.25, -0.2) is 17.9 Å². The Kier molecular flexibility index (Phi) is 6.19. The van der Waals surface area contributed by atoms with Crippen LogP contribution in [0.3, 0.4) is 0 Å². The van der Waals surface area contributed by atoms with E-state index in [-0.39, 0.29) is 22.5 Å². The number of hydrogen-bond donors (Lipinski definition) is 1. The third-order valence-corrected chi connectivity index (χ3v) is 7.18. The van der Waals surface area contributed by atoms with Gasteiger partial charge in [0.1, 0.15) is 0 Å². The number of amides is 1. The lowest BCUT2D eigenvalue weighted by Gasteiger charge is -2.22. The molecule has 1 aromatic heterocycles. The number of nitrogens with zero attached hydrogens (tertiary/aromatic N) is 3. The first kappa shape index (κ1) is 21.6. The Morgan fingerprint density at radius 1 is 1.10 bits per heavy atom. The standard InChI is InChI=1S/C20H30N4O4S/c1-14(2)9-11-24-12-10-15(5-8-19(24)25)21-29(27,28)16-6-7-17-18(13-16)23(4)20(26)22(17)3/h6-7,13-15,21H,5,8-12H2,1-4H3. The third-order valence-electron chi connectivity index (χ3n) is 5.66. The summed E-state index contributed by atoms with van der Waals surface area (Å²) in [5, 5.41) is 0. The van der Waals surface area contributed by atoms with Crippen molar-refractivity contribution in [1.82, 2.24) is 18.8 Å². The van der Waals surface area contributed by atoms with Crippen molar-refractivity contribution in [2.45, 2.75) is 50.5 Å². The van der Waals surface area contributed by atoms with E-state index >= 15 is 0 Å². The molecule has 1 atom stereocenters. The highest BCUT2D eigenvalue weighted by molar-refractivity contribution is 7.89. The number of fused-ring (bicyclic) bond motifs is 1. The quantitative estimate of drug-likeness (QED) is 0.765. The maximum atomic E-state index is 12.9. The van der Waals surface area contributed by atoms with Crippen LogP contribution in [0.1, 0.15) is 39.5 Å². The Bertz CT molecular complexity index is 1070. The predicted molar refractivity (Wildman–Crippen MR) is 112 cm³/mol. The van der Waals surface area contributed by atoms with Gasteiger partial charge in [-0.2, -0.15) is 0 Å². The Hall–Kier alpha value is -2.13. The minimum atomic E-state index is -3.75. The summed E-state index contributed by atoms with van der Waals surface area (Å²) in [5.41, 5.74) is 1.04. The molecule has 9 heteroatoms. The summed E-state index contributed by atoms with van der Waals surface area (Å²) >= 11 is 0. The second kappa shape index (κ2) is 8.31. The molecule has 1 aliphatic rings. The van der Waals surface area contributed by atoms with E-state index in [4.69, 9.17) is 0 Å². The summed E-state index contributed by atoms with van der Waals surface area (Å²) < 4.78 is 31.6. The molecule has 1 N–H and O–H groups in total. The summed E-state index contributed by atoms with van der Waals surface area (Å²) in [6.07, 6.45) is 2.37. The molecular formula is C20H30N4O4S. The van der Waals surface area contributed by atoms with E-state index in [9.17, 15) is 18.0 Å². The number of carbonyl (C=O) groups excluding carboxylic acids is 1. The highest BCUT2D eigenvalue weighted by Crippen LogP contribution is 2.20. The fourth-order valence-corrected chi connectivity index (χ4v) is 5.07. The highest BCUT2D eigenvalue weighted by atomic mass is 32.2. The molecule has 0 saturated carbocycles. The highest BCUT2D eigenvalue weighted by Gasteiger charge is 2.26. The molecule has 1 unspecified atom stereocenters. The van der Waals surface area contributed by atoms with Crippen LogP contribution in [0.4, 0.5) is 0 Å². The van der Waals surface area contributed by atoms with E-state index in [2.05, 4.69) is 18.6 Å². The summed E-state index contributed by atoms with van der Waals surface area (Å²) in [6, 6.07) is 4.40. The van der Waals surface area contributed by atoms with Crippen LogP contribution in [0.5, 0.6) is 0 Å². The van der Waals surface area contributed by atoms with Crippen LogP contribution in [0.15, 0.2) is 27.9 Å². The number of rotatable bonds is 6. The van der Waals surface area contributed by atoms with Gasteiger partial charge in [0, 0.05) is 39.6 Å². The van der Waals surface area contributed by atoms with Crippen LogP contribution in [0.2, 0.25) is 0 Å². The van der Waals surface area contributed by atoms with E-state index in [1.165, 1.54) is 21.3 Å². The maximum absolute atomic E-state index is 12.9. The van der Waals surface area contributed by atoms with Gasteiger partial charge in [0.15, 0.2) is 0 Å². The molecule has 8 nitrogen and oxygen atoms in total. The number of likely N-dealkylation sites (tertiary alicyclic amines) is 1. The number of imidazole rings is 1. The van der Waals surface area contributed by atoms with Gasteiger partial charge in [-0.1, -0.05) is 13.8 Å². The molecule has 160 valence electrons. The molecule has 0 aliphatic carbocycles. The van der Waals surface area contributed by atoms with Crippen LogP contribution in [0.25, 0.3) is 11.0 Å². The smallest absolute Gasteiger partial charge is 0.328 e. The fraction of sp³-hybridized carbons (Fsp3) is 0.600. The summed E-state index contributed by atoms with van der Waals surface area (Å²) in [4.78, 5) is 26.4. The van der Waals surface area contributed by atoms with E-state index in [1.807, 2.05) is 4.90 Å². The van der Waals surface area contributed by atoms with Gasteiger partial charge in [-0.3, -0.25) is 13.9 Å². The van der Waals surface area contributed by atoms with E-state index in [1.54, 1.807) is 20.2 Å². The number of aromatic nitrogens is 2. The lowest BCUT2D eigenvalue weighted by molar-refractivity contribution is -0.130. The zero-order chi connectivity index (χ0) is 21.3. The van der Waals surface area contributed by atoms with Crippen molar-refractivity contribution in [2.75, 3.05) is 13.1 Å². The van der Waals surface area contributed by atoms with Gasteiger partial charge in [-0.15, -0.1) is 0 Å². The second-order valence-corrected chi connectivity index (χ2v) is 9.97. The lowest BCUT2D eigenvalue weighted by atomic mass is 10.1.